The number of aromatic nitrogens is 2. The van der Waals surface area contributed by atoms with Crippen molar-refractivity contribution < 1.29 is 13.2 Å². The number of benzene rings is 2. The number of nitrogens with one attached hydrogen (secondary N) is 1. The zero-order valence-corrected chi connectivity index (χ0v) is 19.3. The van der Waals surface area contributed by atoms with Crippen molar-refractivity contribution in [1.82, 2.24) is 15.1 Å². The van der Waals surface area contributed by atoms with E-state index in [9.17, 15) is 18.5 Å². The van der Waals surface area contributed by atoms with E-state index in [4.69, 9.17) is 0 Å². The summed E-state index contributed by atoms with van der Waals surface area (Å²) in [5, 5.41) is 17.0. The fraction of sp³-hybridized carbons (Fsp3) is 0.174. The fourth-order valence-corrected chi connectivity index (χ4v) is 5.45. The minimum Gasteiger partial charge on any atom is -0.348 e. The zero-order chi connectivity index (χ0) is 22.7. The first-order chi connectivity index (χ1) is 15.3. The lowest BCUT2D eigenvalue weighted by Crippen LogP contribution is -2.36. The standard InChI is InChI=1S/C23H19BrN4O3S/c24-19-8-6-16(7-9-19)22-18(14-28(27-22)21-4-2-1-3-5-21)12-17(13-25)23(29)26-20-10-11-32(30,31)15-20/h1-9,12,14,20H,10-11,15H2,(H,26,29)/b17-12+. The van der Waals surface area contributed by atoms with Crippen molar-refractivity contribution in [3.05, 3.63) is 76.4 Å². The van der Waals surface area contributed by atoms with Crippen LogP contribution in [0.4, 0.5) is 0 Å². The summed E-state index contributed by atoms with van der Waals surface area (Å²) >= 11 is 3.42. The van der Waals surface area contributed by atoms with Crippen molar-refractivity contribution in [2.45, 2.75) is 12.5 Å². The average molecular weight is 511 g/mol. The van der Waals surface area contributed by atoms with Gasteiger partial charge < -0.3 is 5.32 Å². The summed E-state index contributed by atoms with van der Waals surface area (Å²) in [7, 11) is -3.14. The Bertz CT molecular complexity index is 1320. The van der Waals surface area contributed by atoms with Crippen LogP contribution in [-0.4, -0.2) is 41.7 Å². The summed E-state index contributed by atoms with van der Waals surface area (Å²) in [6.07, 6.45) is 3.60. The van der Waals surface area contributed by atoms with Crippen LogP contribution in [-0.2, 0) is 14.6 Å². The second-order valence-corrected chi connectivity index (χ2v) is 10.6. The van der Waals surface area contributed by atoms with Gasteiger partial charge in [-0.25, -0.2) is 13.1 Å². The first-order valence-corrected chi connectivity index (χ1v) is 12.5. The highest BCUT2D eigenvalue weighted by Gasteiger charge is 2.29. The summed E-state index contributed by atoms with van der Waals surface area (Å²) in [6.45, 7) is 0. The number of hydrogen-bond acceptors (Lipinski definition) is 5. The number of hydrogen-bond donors (Lipinski definition) is 1. The molecule has 32 heavy (non-hydrogen) atoms. The van der Waals surface area contributed by atoms with Gasteiger partial charge in [-0.3, -0.25) is 4.79 Å². The Balaban J connectivity index is 1.71. The van der Waals surface area contributed by atoms with Gasteiger partial charge in [0.25, 0.3) is 5.91 Å². The molecule has 1 aromatic heterocycles. The molecule has 1 aliphatic rings. The Morgan fingerprint density at radius 2 is 1.91 bits per heavy atom. The molecule has 0 spiro atoms. The van der Waals surface area contributed by atoms with E-state index in [1.54, 1.807) is 10.9 Å². The highest BCUT2D eigenvalue weighted by atomic mass is 79.9. The van der Waals surface area contributed by atoms with Gasteiger partial charge in [-0.15, -0.1) is 0 Å². The fourth-order valence-electron chi connectivity index (χ4n) is 3.51. The van der Waals surface area contributed by atoms with Crippen molar-refractivity contribution in [2.75, 3.05) is 11.5 Å². The number of amides is 1. The molecule has 1 fully saturated rings. The molecule has 9 heteroatoms. The third-order valence-electron chi connectivity index (χ3n) is 5.11. The van der Waals surface area contributed by atoms with Crippen LogP contribution in [0.25, 0.3) is 23.0 Å². The van der Waals surface area contributed by atoms with Gasteiger partial charge in [0, 0.05) is 27.8 Å². The first-order valence-electron chi connectivity index (χ1n) is 9.89. The van der Waals surface area contributed by atoms with E-state index in [-0.39, 0.29) is 17.1 Å². The molecule has 0 bridgehead atoms. The van der Waals surface area contributed by atoms with E-state index in [0.29, 0.717) is 17.7 Å². The molecular formula is C23H19BrN4O3S. The normalized spacial score (nSPS) is 17.6. The average Bonchev–Trinajstić information content (AvgIpc) is 3.35. The minimum atomic E-state index is -3.14. The molecule has 1 aliphatic heterocycles. The number of rotatable bonds is 5. The summed E-state index contributed by atoms with van der Waals surface area (Å²) < 4.78 is 26.0. The van der Waals surface area contributed by atoms with Crippen molar-refractivity contribution in [2.24, 2.45) is 0 Å². The van der Waals surface area contributed by atoms with Crippen molar-refractivity contribution in [3.63, 3.8) is 0 Å². The van der Waals surface area contributed by atoms with Crippen LogP contribution in [0.5, 0.6) is 0 Å². The second kappa shape index (κ2) is 9.10. The van der Waals surface area contributed by atoms with Crippen molar-refractivity contribution >= 4 is 37.8 Å². The quantitative estimate of drug-likeness (QED) is 0.417. The molecule has 2 aromatic carbocycles. The molecule has 1 saturated heterocycles. The van der Waals surface area contributed by atoms with Gasteiger partial charge in [0.05, 0.1) is 22.9 Å². The van der Waals surface area contributed by atoms with Crippen LogP contribution < -0.4 is 5.32 Å². The maximum Gasteiger partial charge on any atom is 0.262 e. The van der Waals surface area contributed by atoms with Gasteiger partial charge in [-0.1, -0.05) is 46.3 Å². The molecule has 0 aliphatic carbocycles. The number of para-hydroxylation sites is 1. The molecule has 4 rings (SSSR count). The van der Waals surface area contributed by atoms with Gasteiger partial charge >= 0.3 is 0 Å². The number of nitriles is 1. The number of halogens is 1. The molecule has 1 atom stereocenters. The van der Waals surface area contributed by atoms with Crippen LogP contribution in [0.15, 0.2) is 70.8 Å². The molecule has 0 radical (unpaired) electrons. The third-order valence-corrected chi connectivity index (χ3v) is 7.41. The number of carbonyl (C=O) groups is 1. The largest absolute Gasteiger partial charge is 0.348 e. The van der Waals surface area contributed by atoms with E-state index >= 15 is 0 Å². The van der Waals surface area contributed by atoms with Crippen molar-refractivity contribution in [1.29, 1.82) is 5.26 Å². The Labute approximate surface area is 194 Å². The lowest BCUT2D eigenvalue weighted by atomic mass is 10.1. The SMILES string of the molecule is N#C/C(=C\c1cn(-c2ccccc2)nc1-c1ccc(Br)cc1)C(=O)NC1CCS(=O)(=O)C1. The minimum absolute atomic E-state index is 0.0428. The molecule has 7 nitrogen and oxygen atoms in total. The molecular weight excluding hydrogens is 492 g/mol. The van der Waals surface area contributed by atoms with E-state index in [1.807, 2.05) is 60.7 Å². The molecule has 1 amide bonds. The summed E-state index contributed by atoms with van der Waals surface area (Å²) in [5.74, 6) is -0.655. The summed E-state index contributed by atoms with van der Waals surface area (Å²) in [5.41, 5.74) is 2.77. The Kier molecular flexibility index (Phi) is 6.26. The van der Waals surface area contributed by atoms with Crippen LogP contribution in [0.2, 0.25) is 0 Å². The number of carbonyl (C=O) groups excluding carboxylic acids is 1. The predicted octanol–water partition coefficient (Wildman–Crippen LogP) is 3.51. The lowest BCUT2D eigenvalue weighted by molar-refractivity contribution is -0.117. The maximum absolute atomic E-state index is 12.7. The lowest BCUT2D eigenvalue weighted by Gasteiger charge is -2.09. The number of nitrogens with zero attached hydrogens (tertiary/aromatic N) is 3. The summed E-state index contributed by atoms with van der Waals surface area (Å²) in [6, 6.07) is 18.5. The van der Waals surface area contributed by atoms with Gasteiger partial charge in [0.1, 0.15) is 11.6 Å². The van der Waals surface area contributed by atoms with E-state index in [2.05, 4.69) is 26.3 Å². The van der Waals surface area contributed by atoms with Crippen LogP contribution in [0.3, 0.4) is 0 Å². The van der Waals surface area contributed by atoms with Gasteiger partial charge in [-0.05, 0) is 36.8 Å². The monoisotopic (exact) mass is 510 g/mol. The van der Waals surface area contributed by atoms with Crippen molar-refractivity contribution in [3.8, 4) is 23.0 Å². The molecule has 162 valence electrons. The molecule has 1 unspecified atom stereocenters. The predicted molar refractivity (Wildman–Crippen MR) is 125 cm³/mol. The molecule has 1 N–H and O–H groups in total. The van der Waals surface area contributed by atoms with Gasteiger partial charge in [0.2, 0.25) is 0 Å². The van der Waals surface area contributed by atoms with Gasteiger partial charge in [-0.2, -0.15) is 10.4 Å². The van der Waals surface area contributed by atoms with E-state index in [0.717, 1.165) is 15.7 Å². The Morgan fingerprint density at radius 3 is 2.53 bits per heavy atom. The van der Waals surface area contributed by atoms with E-state index in [1.165, 1.54) is 6.08 Å². The van der Waals surface area contributed by atoms with Crippen LogP contribution in [0.1, 0.15) is 12.0 Å². The van der Waals surface area contributed by atoms with Crippen LogP contribution in [0, 0.1) is 11.3 Å². The topological polar surface area (TPSA) is 105 Å². The highest BCUT2D eigenvalue weighted by molar-refractivity contribution is 9.10. The molecule has 0 saturated carbocycles. The molecule has 3 aromatic rings. The summed E-state index contributed by atoms with van der Waals surface area (Å²) in [4.78, 5) is 12.7. The van der Waals surface area contributed by atoms with E-state index < -0.39 is 21.8 Å². The molecule has 2 heterocycles. The zero-order valence-electron chi connectivity index (χ0n) is 16.9. The third kappa shape index (κ3) is 4.98. The number of sulfone groups is 1. The highest BCUT2D eigenvalue weighted by Crippen LogP contribution is 2.27. The van der Waals surface area contributed by atoms with Crippen LogP contribution >= 0.6 is 15.9 Å². The Hall–Kier alpha value is -3.22. The van der Waals surface area contributed by atoms with Gasteiger partial charge in [0.15, 0.2) is 9.84 Å². The smallest absolute Gasteiger partial charge is 0.262 e. The first kappa shape index (κ1) is 22.0. The second-order valence-electron chi connectivity index (χ2n) is 7.46. The Morgan fingerprint density at radius 1 is 1.19 bits per heavy atom. The maximum atomic E-state index is 12.7.